The van der Waals surface area contributed by atoms with E-state index < -0.39 is 0 Å². The van der Waals surface area contributed by atoms with Gasteiger partial charge in [0.25, 0.3) is 0 Å². The molecule has 1 aromatic heterocycles. The highest BCUT2D eigenvalue weighted by Crippen LogP contribution is 2.29. The van der Waals surface area contributed by atoms with Crippen LogP contribution in [0.4, 0.5) is 10.8 Å². The van der Waals surface area contributed by atoms with Crippen LogP contribution in [0.15, 0.2) is 23.6 Å². The van der Waals surface area contributed by atoms with Gasteiger partial charge >= 0.3 is 5.97 Å². The standard InChI is InChI=1S/C14H14Cl2N2O2S/c1-2-20-13(19)6-4-10-8-21-14(17-10)18-12-7-9(15)3-5-11(12)16/h3,5,7-8H,2,4,6H2,1H3,(H,17,18). The number of carbonyl (C=O) groups excluding carboxylic acids is 1. The molecule has 0 amide bonds. The van der Waals surface area contributed by atoms with Gasteiger partial charge in [-0.2, -0.15) is 0 Å². The van der Waals surface area contributed by atoms with Crippen LogP contribution in [0.5, 0.6) is 0 Å². The van der Waals surface area contributed by atoms with E-state index in [1.165, 1.54) is 11.3 Å². The molecule has 0 aliphatic heterocycles. The van der Waals surface area contributed by atoms with Gasteiger partial charge in [0.05, 0.1) is 29.4 Å². The number of anilines is 2. The van der Waals surface area contributed by atoms with Crippen LogP contribution in [0.2, 0.25) is 10.0 Å². The Labute approximate surface area is 137 Å². The summed E-state index contributed by atoms with van der Waals surface area (Å²) in [6, 6.07) is 5.19. The second-order valence-corrected chi connectivity index (χ2v) is 5.90. The van der Waals surface area contributed by atoms with Crippen molar-refractivity contribution >= 4 is 51.3 Å². The van der Waals surface area contributed by atoms with Crippen molar-refractivity contribution in [3.63, 3.8) is 0 Å². The van der Waals surface area contributed by atoms with Gasteiger partial charge in [0.2, 0.25) is 0 Å². The number of benzene rings is 1. The van der Waals surface area contributed by atoms with Gasteiger partial charge in [-0.3, -0.25) is 4.79 Å². The number of aryl methyl sites for hydroxylation is 1. The molecule has 1 aromatic carbocycles. The number of aromatic nitrogens is 1. The summed E-state index contributed by atoms with van der Waals surface area (Å²) in [4.78, 5) is 15.7. The molecule has 21 heavy (non-hydrogen) atoms. The maximum atomic E-state index is 11.3. The van der Waals surface area contributed by atoms with Crippen molar-refractivity contribution in [2.24, 2.45) is 0 Å². The number of hydrogen-bond donors (Lipinski definition) is 1. The maximum absolute atomic E-state index is 11.3. The van der Waals surface area contributed by atoms with Crippen LogP contribution in [0.1, 0.15) is 19.0 Å². The fourth-order valence-corrected chi connectivity index (χ4v) is 2.74. The molecule has 2 rings (SSSR count). The van der Waals surface area contributed by atoms with Gasteiger partial charge in [-0.1, -0.05) is 23.2 Å². The SMILES string of the molecule is CCOC(=O)CCc1csc(Nc2cc(Cl)ccc2Cl)n1. The topological polar surface area (TPSA) is 51.2 Å². The number of ether oxygens (including phenoxy) is 1. The van der Waals surface area contributed by atoms with Gasteiger partial charge in [0, 0.05) is 16.8 Å². The Bertz CT molecular complexity index is 631. The lowest BCUT2D eigenvalue weighted by atomic mass is 10.2. The second kappa shape index (κ2) is 7.64. The van der Waals surface area contributed by atoms with Gasteiger partial charge in [-0.05, 0) is 25.1 Å². The van der Waals surface area contributed by atoms with E-state index in [0.29, 0.717) is 40.3 Å². The molecule has 0 fully saturated rings. The molecule has 0 radical (unpaired) electrons. The minimum absolute atomic E-state index is 0.210. The van der Waals surface area contributed by atoms with Gasteiger partial charge in [-0.25, -0.2) is 4.98 Å². The van der Waals surface area contributed by atoms with Crippen molar-refractivity contribution in [3.8, 4) is 0 Å². The Balaban J connectivity index is 1.97. The lowest BCUT2D eigenvalue weighted by Gasteiger charge is -2.05. The van der Waals surface area contributed by atoms with Gasteiger partial charge in [0.15, 0.2) is 5.13 Å². The average molecular weight is 345 g/mol. The van der Waals surface area contributed by atoms with Gasteiger partial charge < -0.3 is 10.1 Å². The zero-order valence-electron chi connectivity index (χ0n) is 11.4. The van der Waals surface area contributed by atoms with Crippen molar-refractivity contribution < 1.29 is 9.53 Å². The number of rotatable bonds is 6. The van der Waals surface area contributed by atoms with Crippen molar-refractivity contribution in [3.05, 3.63) is 39.3 Å². The molecule has 0 unspecified atom stereocenters. The first-order valence-electron chi connectivity index (χ1n) is 6.40. The van der Waals surface area contributed by atoms with E-state index in [0.717, 1.165) is 5.69 Å². The molecule has 0 saturated heterocycles. The van der Waals surface area contributed by atoms with E-state index in [1.807, 2.05) is 5.38 Å². The predicted octanol–water partition coefficient (Wildman–Crippen LogP) is 4.69. The highest BCUT2D eigenvalue weighted by atomic mass is 35.5. The number of hydrogen-bond acceptors (Lipinski definition) is 5. The summed E-state index contributed by atoms with van der Waals surface area (Å²) in [7, 11) is 0. The zero-order valence-corrected chi connectivity index (χ0v) is 13.7. The van der Waals surface area contributed by atoms with Crippen LogP contribution in [0.3, 0.4) is 0 Å². The van der Waals surface area contributed by atoms with Gasteiger partial charge in [-0.15, -0.1) is 11.3 Å². The molecule has 0 saturated carbocycles. The minimum Gasteiger partial charge on any atom is -0.466 e. The Hall–Kier alpha value is -1.30. The maximum Gasteiger partial charge on any atom is 0.306 e. The Morgan fingerprint density at radius 3 is 3.00 bits per heavy atom. The van der Waals surface area contributed by atoms with E-state index >= 15 is 0 Å². The summed E-state index contributed by atoms with van der Waals surface area (Å²) in [5.74, 6) is -0.210. The highest BCUT2D eigenvalue weighted by molar-refractivity contribution is 7.13. The summed E-state index contributed by atoms with van der Waals surface area (Å²) >= 11 is 13.5. The zero-order chi connectivity index (χ0) is 15.2. The molecule has 112 valence electrons. The largest absolute Gasteiger partial charge is 0.466 e. The molecule has 7 heteroatoms. The van der Waals surface area contributed by atoms with E-state index in [9.17, 15) is 4.79 Å². The summed E-state index contributed by atoms with van der Waals surface area (Å²) in [6.07, 6.45) is 0.884. The Kier molecular flexibility index (Phi) is 5.85. The molecular formula is C14H14Cl2N2O2S. The van der Waals surface area contributed by atoms with Crippen molar-refractivity contribution in [2.75, 3.05) is 11.9 Å². The van der Waals surface area contributed by atoms with Crippen LogP contribution in [-0.4, -0.2) is 17.6 Å². The lowest BCUT2D eigenvalue weighted by molar-refractivity contribution is -0.143. The number of nitrogens with one attached hydrogen (secondary N) is 1. The smallest absolute Gasteiger partial charge is 0.306 e. The van der Waals surface area contributed by atoms with Crippen LogP contribution in [0, 0.1) is 0 Å². The van der Waals surface area contributed by atoms with Crippen molar-refractivity contribution in [1.82, 2.24) is 4.98 Å². The molecule has 2 aromatic rings. The molecule has 4 nitrogen and oxygen atoms in total. The molecule has 0 spiro atoms. The number of carbonyl (C=O) groups is 1. The highest BCUT2D eigenvalue weighted by Gasteiger charge is 2.08. The third-order valence-corrected chi connectivity index (χ3v) is 3.98. The molecule has 0 atom stereocenters. The monoisotopic (exact) mass is 344 g/mol. The van der Waals surface area contributed by atoms with E-state index in [2.05, 4.69) is 10.3 Å². The molecule has 0 aliphatic rings. The van der Waals surface area contributed by atoms with Gasteiger partial charge in [0.1, 0.15) is 0 Å². The predicted molar refractivity (Wildman–Crippen MR) is 86.8 cm³/mol. The van der Waals surface area contributed by atoms with Crippen LogP contribution in [-0.2, 0) is 16.0 Å². The van der Waals surface area contributed by atoms with E-state index in [-0.39, 0.29) is 5.97 Å². The van der Waals surface area contributed by atoms with Crippen molar-refractivity contribution in [2.45, 2.75) is 19.8 Å². The lowest BCUT2D eigenvalue weighted by Crippen LogP contribution is -2.05. The number of nitrogens with zero attached hydrogens (tertiary/aromatic N) is 1. The normalized spacial score (nSPS) is 10.4. The third-order valence-electron chi connectivity index (χ3n) is 2.61. The summed E-state index contributed by atoms with van der Waals surface area (Å²) in [6.45, 7) is 2.19. The first kappa shape index (κ1) is 16.1. The van der Waals surface area contributed by atoms with Crippen LogP contribution < -0.4 is 5.32 Å². The summed E-state index contributed by atoms with van der Waals surface area (Å²) < 4.78 is 4.88. The summed E-state index contributed by atoms with van der Waals surface area (Å²) in [5.41, 5.74) is 1.55. The Morgan fingerprint density at radius 1 is 1.43 bits per heavy atom. The number of halogens is 2. The molecule has 0 aliphatic carbocycles. The minimum atomic E-state index is -0.210. The summed E-state index contributed by atoms with van der Waals surface area (Å²) in [5, 5.41) is 6.90. The first-order valence-corrected chi connectivity index (χ1v) is 8.04. The number of thiazole rings is 1. The average Bonchev–Trinajstić information content (AvgIpc) is 2.89. The van der Waals surface area contributed by atoms with Crippen molar-refractivity contribution in [1.29, 1.82) is 0 Å². The molecule has 0 bridgehead atoms. The van der Waals surface area contributed by atoms with Crippen LogP contribution >= 0.6 is 34.5 Å². The van der Waals surface area contributed by atoms with E-state index in [1.54, 1.807) is 25.1 Å². The third kappa shape index (κ3) is 4.88. The fraction of sp³-hybridized carbons (Fsp3) is 0.286. The molecular weight excluding hydrogens is 331 g/mol. The molecule has 1 N–H and O–H groups in total. The fourth-order valence-electron chi connectivity index (χ4n) is 1.65. The molecule has 1 heterocycles. The van der Waals surface area contributed by atoms with E-state index in [4.69, 9.17) is 27.9 Å². The number of esters is 1. The van der Waals surface area contributed by atoms with Crippen LogP contribution in [0.25, 0.3) is 0 Å². The first-order chi connectivity index (χ1) is 10.1. The second-order valence-electron chi connectivity index (χ2n) is 4.20. The Morgan fingerprint density at radius 2 is 2.24 bits per heavy atom. The quantitative estimate of drug-likeness (QED) is 0.772.